The fourth-order valence-corrected chi connectivity index (χ4v) is 4.36. The number of para-hydroxylation sites is 2. The maximum absolute atomic E-state index is 12.7. The molecule has 0 aliphatic rings. The number of allylic oxidation sites excluding steroid dienone is 1. The smallest absolute Gasteiger partial charge is 0.234 e. The molecule has 2 aromatic heterocycles. The third kappa shape index (κ3) is 4.80. The molecule has 0 spiro atoms. The number of rotatable bonds is 9. The molecular formula is C25H26N4O3S. The summed E-state index contributed by atoms with van der Waals surface area (Å²) in [7, 11) is 1.61. The minimum absolute atomic E-state index is 0.101. The van der Waals surface area contributed by atoms with Gasteiger partial charge in [0.05, 0.1) is 12.9 Å². The summed E-state index contributed by atoms with van der Waals surface area (Å²) in [6.45, 7) is 8.53. The second-order valence-electron chi connectivity index (χ2n) is 7.77. The van der Waals surface area contributed by atoms with Crippen LogP contribution >= 0.6 is 11.8 Å². The van der Waals surface area contributed by atoms with Crippen molar-refractivity contribution in [2.24, 2.45) is 0 Å². The van der Waals surface area contributed by atoms with E-state index >= 15 is 0 Å². The van der Waals surface area contributed by atoms with Crippen LogP contribution < -0.4 is 10.1 Å². The van der Waals surface area contributed by atoms with Crippen molar-refractivity contribution in [2.75, 3.05) is 18.2 Å². The fraction of sp³-hybridized carbons (Fsp3) is 0.240. The first kappa shape index (κ1) is 22.7. The average Bonchev–Trinajstić information content (AvgIpc) is 3.42. The van der Waals surface area contributed by atoms with E-state index in [4.69, 9.17) is 9.15 Å². The number of aromatic nitrogens is 3. The summed E-state index contributed by atoms with van der Waals surface area (Å²) in [6.07, 6.45) is 1.76. The first-order valence-electron chi connectivity index (χ1n) is 10.6. The number of hydrogen-bond donors (Lipinski definition) is 1. The molecule has 0 bridgehead atoms. The van der Waals surface area contributed by atoms with Gasteiger partial charge in [0, 0.05) is 17.6 Å². The summed E-state index contributed by atoms with van der Waals surface area (Å²) in [5.41, 5.74) is 2.59. The van der Waals surface area contributed by atoms with Crippen molar-refractivity contribution in [2.45, 2.75) is 31.5 Å². The topological polar surface area (TPSA) is 82.2 Å². The van der Waals surface area contributed by atoms with Crippen LogP contribution in [0.3, 0.4) is 0 Å². The molecule has 4 aromatic rings. The molecule has 4 rings (SSSR count). The van der Waals surface area contributed by atoms with Gasteiger partial charge in [0.25, 0.3) is 0 Å². The van der Waals surface area contributed by atoms with Gasteiger partial charge in [0.15, 0.2) is 22.2 Å². The van der Waals surface area contributed by atoms with Gasteiger partial charge in [-0.2, -0.15) is 0 Å². The highest BCUT2D eigenvalue weighted by molar-refractivity contribution is 7.99. The number of amides is 1. The number of nitrogens with one attached hydrogen (secondary N) is 1. The minimum atomic E-state index is -0.101. The van der Waals surface area contributed by atoms with Crippen molar-refractivity contribution in [1.29, 1.82) is 0 Å². The summed E-state index contributed by atoms with van der Waals surface area (Å²) in [5.74, 6) is 2.22. The minimum Gasteiger partial charge on any atom is -0.493 e. The second kappa shape index (κ2) is 9.95. The standard InChI is InChI=1S/C25H26N4O3S/c1-5-13-29-24(21-14-17-9-8-12-20(31-4)23(17)32-21)27-28-25(29)33-15-22(30)26-19-11-7-6-10-18(19)16(2)3/h5-12,14,16H,1,13,15H2,2-4H3,(H,26,30). The molecule has 2 aromatic carbocycles. The van der Waals surface area contributed by atoms with Crippen molar-refractivity contribution < 1.29 is 13.9 Å². The van der Waals surface area contributed by atoms with Crippen LogP contribution in [0.2, 0.25) is 0 Å². The van der Waals surface area contributed by atoms with Crippen molar-refractivity contribution in [1.82, 2.24) is 14.8 Å². The lowest BCUT2D eigenvalue weighted by atomic mass is 10.0. The monoisotopic (exact) mass is 462 g/mol. The molecule has 0 saturated carbocycles. The predicted octanol–water partition coefficient (Wildman–Crippen LogP) is 5.74. The van der Waals surface area contributed by atoms with Gasteiger partial charge in [0.2, 0.25) is 11.7 Å². The van der Waals surface area contributed by atoms with E-state index in [-0.39, 0.29) is 11.7 Å². The number of benzene rings is 2. The number of methoxy groups -OCH3 is 1. The quantitative estimate of drug-likeness (QED) is 0.252. The van der Waals surface area contributed by atoms with Gasteiger partial charge >= 0.3 is 0 Å². The van der Waals surface area contributed by atoms with Gasteiger partial charge in [-0.15, -0.1) is 16.8 Å². The molecule has 0 unspecified atom stereocenters. The van der Waals surface area contributed by atoms with Crippen molar-refractivity contribution >= 4 is 34.3 Å². The molecule has 1 amide bonds. The fourth-order valence-electron chi connectivity index (χ4n) is 3.61. The number of furan rings is 1. The summed E-state index contributed by atoms with van der Waals surface area (Å²) in [5, 5.41) is 13.2. The third-order valence-electron chi connectivity index (χ3n) is 5.17. The Bertz CT molecular complexity index is 1290. The molecule has 7 nitrogen and oxygen atoms in total. The zero-order chi connectivity index (χ0) is 23.4. The maximum atomic E-state index is 12.7. The van der Waals surface area contributed by atoms with Crippen molar-refractivity contribution in [3.05, 3.63) is 66.7 Å². The average molecular weight is 463 g/mol. The van der Waals surface area contributed by atoms with E-state index in [1.807, 2.05) is 53.1 Å². The molecule has 2 heterocycles. The van der Waals surface area contributed by atoms with Gasteiger partial charge < -0.3 is 14.5 Å². The molecule has 0 aliphatic carbocycles. The zero-order valence-electron chi connectivity index (χ0n) is 18.9. The molecule has 170 valence electrons. The number of hydrogen-bond acceptors (Lipinski definition) is 6. The summed E-state index contributed by atoms with van der Waals surface area (Å²) >= 11 is 1.32. The van der Waals surface area contributed by atoms with Gasteiger partial charge in [0.1, 0.15) is 0 Å². The SMILES string of the molecule is C=CCn1c(SCC(=O)Nc2ccccc2C(C)C)nnc1-c1cc2cccc(OC)c2o1. The van der Waals surface area contributed by atoms with Crippen LogP contribution in [-0.2, 0) is 11.3 Å². The first-order valence-corrected chi connectivity index (χ1v) is 11.6. The largest absolute Gasteiger partial charge is 0.493 e. The third-order valence-corrected chi connectivity index (χ3v) is 6.13. The molecule has 0 fully saturated rings. The molecule has 1 N–H and O–H groups in total. The lowest BCUT2D eigenvalue weighted by Gasteiger charge is -2.13. The van der Waals surface area contributed by atoms with Crippen LogP contribution in [0.1, 0.15) is 25.3 Å². The van der Waals surface area contributed by atoms with Crippen molar-refractivity contribution in [3.8, 4) is 17.3 Å². The van der Waals surface area contributed by atoms with Crippen LogP contribution in [0.5, 0.6) is 5.75 Å². The van der Waals surface area contributed by atoms with Gasteiger partial charge in [-0.05, 0) is 29.7 Å². The Balaban J connectivity index is 1.54. The number of carbonyl (C=O) groups is 1. The number of nitrogens with zero attached hydrogens (tertiary/aromatic N) is 3. The van der Waals surface area contributed by atoms with Crippen LogP contribution in [-0.4, -0.2) is 33.5 Å². The second-order valence-corrected chi connectivity index (χ2v) is 8.72. The van der Waals surface area contributed by atoms with Crippen molar-refractivity contribution in [3.63, 3.8) is 0 Å². The van der Waals surface area contributed by atoms with Crippen LogP contribution in [0.25, 0.3) is 22.6 Å². The highest BCUT2D eigenvalue weighted by Crippen LogP contribution is 2.34. The van der Waals surface area contributed by atoms with Crippen LogP contribution in [0.4, 0.5) is 5.69 Å². The van der Waals surface area contributed by atoms with E-state index in [1.54, 1.807) is 13.2 Å². The van der Waals surface area contributed by atoms with Gasteiger partial charge in [-0.3, -0.25) is 9.36 Å². The van der Waals surface area contributed by atoms with Gasteiger partial charge in [-0.1, -0.05) is 62.0 Å². The lowest BCUT2D eigenvalue weighted by Crippen LogP contribution is -2.16. The summed E-state index contributed by atoms with van der Waals surface area (Å²) in [6, 6.07) is 15.5. The number of carbonyl (C=O) groups excluding carboxylic acids is 1. The molecule has 0 aliphatic heterocycles. The van der Waals surface area contributed by atoms with E-state index in [0.29, 0.717) is 40.5 Å². The number of ether oxygens (including phenoxy) is 1. The summed E-state index contributed by atoms with van der Waals surface area (Å²) in [4.78, 5) is 12.7. The van der Waals surface area contributed by atoms with E-state index in [0.717, 1.165) is 16.6 Å². The normalized spacial score (nSPS) is 11.2. The van der Waals surface area contributed by atoms with E-state index in [2.05, 4.69) is 35.9 Å². The van der Waals surface area contributed by atoms with Crippen LogP contribution in [0, 0.1) is 0 Å². The van der Waals surface area contributed by atoms with Gasteiger partial charge in [-0.25, -0.2) is 0 Å². The highest BCUT2D eigenvalue weighted by Gasteiger charge is 2.19. The Hall–Kier alpha value is -3.52. The number of fused-ring (bicyclic) bond motifs is 1. The van der Waals surface area contributed by atoms with E-state index in [9.17, 15) is 4.79 Å². The highest BCUT2D eigenvalue weighted by atomic mass is 32.2. The molecule has 8 heteroatoms. The summed E-state index contributed by atoms with van der Waals surface area (Å²) < 4.78 is 13.3. The van der Waals surface area contributed by atoms with Crippen LogP contribution in [0.15, 0.2) is 70.8 Å². The predicted molar refractivity (Wildman–Crippen MR) is 132 cm³/mol. The lowest BCUT2D eigenvalue weighted by molar-refractivity contribution is -0.113. The maximum Gasteiger partial charge on any atom is 0.234 e. The molecule has 33 heavy (non-hydrogen) atoms. The Morgan fingerprint density at radius 2 is 2.06 bits per heavy atom. The molecule has 0 saturated heterocycles. The number of anilines is 1. The Morgan fingerprint density at radius 1 is 1.24 bits per heavy atom. The molecule has 0 radical (unpaired) electrons. The Labute approximate surface area is 196 Å². The first-order chi connectivity index (χ1) is 16.0. The van der Waals surface area contributed by atoms with E-state index < -0.39 is 0 Å². The Kier molecular flexibility index (Phi) is 6.84. The zero-order valence-corrected chi connectivity index (χ0v) is 19.7. The van der Waals surface area contributed by atoms with E-state index in [1.165, 1.54) is 11.8 Å². The number of thioether (sulfide) groups is 1. The molecule has 0 atom stereocenters. The Morgan fingerprint density at radius 3 is 2.82 bits per heavy atom. The molecular weight excluding hydrogens is 436 g/mol.